The van der Waals surface area contributed by atoms with Crippen molar-refractivity contribution in [3.63, 3.8) is 0 Å². The highest BCUT2D eigenvalue weighted by Gasteiger charge is 2.61. The third-order valence-corrected chi connectivity index (χ3v) is 4.61. The van der Waals surface area contributed by atoms with Crippen molar-refractivity contribution in [3.8, 4) is 0 Å². The second-order valence-corrected chi connectivity index (χ2v) is 5.84. The van der Waals surface area contributed by atoms with Gasteiger partial charge in [0.1, 0.15) is 5.76 Å². The molecular weight excluding hydrogens is 312 g/mol. The molecule has 2 aliphatic rings. The second-order valence-electron chi connectivity index (χ2n) is 5.84. The van der Waals surface area contributed by atoms with Crippen LogP contribution in [0, 0.1) is 0 Å². The molecule has 1 N–H and O–H groups in total. The van der Waals surface area contributed by atoms with Crippen LogP contribution in [0.15, 0.2) is 47.1 Å². The summed E-state index contributed by atoms with van der Waals surface area (Å²) in [5.74, 6) is -1.48. The Morgan fingerprint density at radius 3 is 2.71 bits per heavy atom. The Hall–Kier alpha value is -3.09. The number of amides is 2. The average molecular weight is 326 g/mol. The number of hydrogen-bond donors (Lipinski definition) is 1. The van der Waals surface area contributed by atoms with Crippen molar-refractivity contribution in [3.05, 3.63) is 54.0 Å². The van der Waals surface area contributed by atoms with E-state index >= 15 is 0 Å². The number of nitrogens with zero attached hydrogens (tertiary/aromatic N) is 2. The van der Waals surface area contributed by atoms with Crippen molar-refractivity contribution >= 4 is 23.5 Å². The summed E-state index contributed by atoms with van der Waals surface area (Å²) in [7, 11) is 0. The van der Waals surface area contributed by atoms with E-state index in [-0.39, 0.29) is 25.3 Å². The quantitative estimate of drug-likeness (QED) is 0.929. The number of rotatable bonds is 3. The molecule has 7 nitrogen and oxygen atoms in total. The average Bonchev–Trinajstić information content (AvgIpc) is 3.20. The number of benzene rings is 1. The number of hydrogen-bond acceptors (Lipinski definition) is 4. The standard InChI is InChI=1S/C17H14N2O5/c20-14-7-8-17(16(22)23)18(10-11-4-3-9-24-11)15(21)12-5-1-2-6-13(12)19(14)17/h1-6,9H,7-8,10H2,(H,22,23)/t17-/m0/s1. The Morgan fingerprint density at radius 1 is 1.21 bits per heavy atom. The van der Waals surface area contributed by atoms with E-state index in [2.05, 4.69) is 0 Å². The highest BCUT2D eigenvalue weighted by molar-refractivity contribution is 6.15. The van der Waals surface area contributed by atoms with Crippen LogP contribution >= 0.6 is 0 Å². The lowest BCUT2D eigenvalue weighted by atomic mass is 9.96. The van der Waals surface area contributed by atoms with Crippen LogP contribution in [0.4, 0.5) is 5.69 Å². The lowest BCUT2D eigenvalue weighted by Crippen LogP contribution is -2.67. The van der Waals surface area contributed by atoms with Gasteiger partial charge in [-0.05, 0) is 24.3 Å². The number of carbonyl (C=O) groups is 3. The Kier molecular flexibility index (Phi) is 2.99. The summed E-state index contributed by atoms with van der Waals surface area (Å²) < 4.78 is 5.28. The van der Waals surface area contributed by atoms with Gasteiger partial charge in [0.25, 0.3) is 5.91 Å². The lowest BCUT2D eigenvalue weighted by Gasteiger charge is -2.47. The number of anilines is 1. The van der Waals surface area contributed by atoms with E-state index in [1.165, 1.54) is 16.1 Å². The number of fused-ring (bicyclic) bond motifs is 3. The Bertz CT molecular complexity index is 844. The first-order valence-electron chi connectivity index (χ1n) is 7.55. The molecule has 1 saturated heterocycles. The summed E-state index contributed by atoms with van der Waals surface area (Å²) in [5, 5.41) is 9.94. The third kappa shape index (κ3) is 1.75. The van der Waals surface area contributed by atoms with Gasteiger partial charge >= 0.3 is 5.97 Å². The highest BCUT2D eigenvalue weighted by atomic mass is 16.4. The van der Waals surface area contributed by atoms with E-state index in [1.807, 2.05) is 0 Å². The molecule has 7 heteroatoms. The first-order chi connectivity index (χ1) is 11.6. The predicted molar refractivity (Wildman–Crippen MR) is 82.1 cm³/mol. The first kappa shape index (κ1) is 14.5. The first-order valence-corrected chi connectivity index (χ1v) is 7.55. The molecule has 0 aliphatic carbocycles. The predicted octanol–water partition coefficient (Wildman–Crippen LogP) is 1.84. The van der Waals surface area contributed by atoms with E-state index in [0.717, 1.165) is 0 Å². The molecule has 4 rings (SSSR count). The maximum atomic E-state index is 13.0. The van der Waals surface area contributed by atoms with Gasteiger partial charge < -0.3 is 9.52 Å². The van der Waals surface area contributed by atoms with Crippen LogP contribution in [0.1, 0.15) is 29.0 Å². The summed E-state index contributed by atoms with van der Waals surface area (Å²) in [6.45, 7) is -0.0176. The third-order valence-electron chi connectivity index (χ3n) is 4.61. The lowest BCUT2D eigenvalue weighted by molar-refractivity contribution is -0.150. The molecule has 1 aromatic heterocycles. The van der Waals surface area contributed by atoms with Crippen LogP contribution in [0.2, 0.25) is 0 Å². The molecule has 1 fully saturated rings. The van der Waals surface area contributed by atoms with E-state index in [0.29, 0.717) is 17.0 Å². The minimum Gasteiger partial charge on any atom is -0.478 e. The normalized spacial score (nSPS) is 22.5. The Labute approximate surface area is 137 Å². The summed E-state index contributed by atoms with van der Waals surface area (Å²) in [4.78, 5) is 40.1. The highest BCUT2D eigenvalue weighted by Crippen LogP contribution is 2.45. The molecule has 0 radical (unpaired) electrons. The topological polar surface area (TPSA) is 91.1 Å². The molecular formula is C17H14N2O5. The maximum absolute atomic E-state index is 13.0. The molecule has 0 unspecified atom stereocenters. The van der Waals surface area contributed by atoms with Crippen LogP contribution in [0.25, 0.3) is 0 Å². The van der Waals surface area contributed by atoms with Gasteiger partial charge in [0.2, 0.25) is 11.6 Å². The number of aliphatic carboxylic acids is 1. The zero-order valence-corrected chi connectivity index (χ0v) is 12.6. The minimum atomic E-state index is -1.71. The largest absolute Gasteiger partial charge is 0.478 e. The SMILES string of the molecule is O=C1c2ccccc2N2C(=O)CC[C@]2(C(=O)O)N1Cc1ccco1. The van der Waals surface area contributed by atoms with Gasteiger partial charge in [0.15, 0.2) is 0 Å². The van der Waals surface area contributed by atoms with Crippen molar-refractivity contribution in [1.82, 2.24) is 4.90 Å². The zero-order chi connectivity index (χ0) is 16.9. The Balaban J connectivity index is 1.93. The number of furan rings is 1. The zero-order valence-electron chi connectivity index (χ0n) is 12.6. The molecule has 2 amide bonds. The molecule has 122 valence electrons. The fourth-order valence-corrected chi connectivity index (χ4v) is 3.54. The summed E-state index contributed by atoms with van der Waals surface area (Å²) in [6.07, 6.45) is 1.58. The smallest absolute Gasteiger partial charge is 0.351 e. The van der Waals surface area contributed by atoms with Crippen LogP contribution in [-0.2, 0) is 16.1 Å². The van der Waals surface area contributed by atoms with Crippen molar-refractivity contribution in [2.24, 2.45) is 0 Å². The van der Waals surface area contributed by atoms with Crippen LogP contribution in [0.5, 0.6) is 0 Å². The summed E-state index contributed by atoms with van der Waals surface area (Å²) in [5.41, 5.74) is -1.05. The van der Waals surface area contributed by atoms with Gasteiger partial charge in [-0.15, -0.1) is 0 Å². The van der Waals surface area contributed by atoms with Gasteiger partial charge in [0, 0.05) is 12.8 Å². The fourth-order valence-electron chi connectivity index (χ4n) is 3.54. The van der Waals surface area contributed by atoms with Crippen molar-refractivity contribution in [2.45, 2.75) is 25.0 Å². The molecule has 2 aromatic rings. The Morgan fingerprint density at radius 2 is 2.00 bits per heavy atom. The number of carboxylic acid groups (broad SMARTS) is 1. The van der Waals surface area contributed by atoms with Crippen molar-refractivity contribution in [1.29, 1.82) is 0 Å². The van der Waals surface area contributed by atoms with Crippen molar-refractivity contribution in [2.75, 3.05) is 4.90 Å². The molecule has 1 aromatic carbocycles. The van der Waals surface area contributed by atoms with E-state index in [1.54, 1.807) is 36.4 Å². The van der Waals surface area contributed by atoms with Crippen LogP contribution in [-0.4, -0.2) is 33.5 Å². The van der Waals surface area contributed by atoms with Crippen LogP contribution < -0.4 is 4.90 Å². The number of carboxylic acids is 1. The molecule has 0 saturated carbocycles. The van der Waals surface area contributed by atoms with Gasteiger partial charge in [0.05, 0.1) is 24.1 Å². The van der Waals surface area contributed by atoms with Gasteiger partial charge in [-0.1, -0.05) is 12.1 Å². The molecule has 2 aliphatic heterocycles. The molecule has 0 bridgehead atoms. The van der Waals surface area contributed by atoms with Gasteiger partial charge in [-0.2, -0.15) is 0 Å². The van der Waals surface area contributed by atoms with Crippen molar-refractivity contribution < 1.29 is 23.9 Å². The minimum absolute atomic E-state index is 0.0176. The number of carbonyl (C=O) groups excluding carboxylic acids is 2. The van der Waals surface area contributed by atoms with Gasteiger partial charge in [-0.25, -0.2) is 4.79 Å². The van der Waals surface area contributed by atoms with E-state index < -0.39 is 17.5 Å². The molecule has 3 heterocycles. The second kappa shape index (κ2) is 4.95. The summed E-state index contributed by atoms with van der Waals surface area (Å²) >= 11 is 0. The van der Waals surface area contributed by atoms with Crippen LogP contribution in [0.3, 0.4) is 0 Å². The number of para-hydroxylation sites is 1. The van der Waals surface area contributed by atoms with Gasteiger partial charge in [-0.3, -0.25) is 19.4 Å². The fraction of sp³-hybridized carbons (Fsp3) is 0.235. The summed E-state index contributed by atoms with van der Waals surface area (Å²) in [6, 6.07) is 9.93. The maximum Gasteiger partial charge on any atom is 0.351 e. The molecule has 1 atom stereocenters. The van der Waals surface area contributed by atoms with E-state index in [9.17, 15) is 19.5 Å². The van der Waals surface area contributed by atoms with E-state index in [4.69, 9.17) is 4.42 Å². The molecule has 24 heavy (non-hydrogen) atoms. The monoisotopic (exact) mass is 326 g/mol. The molecule has 0 spiro atoms.